The lowest BCUT2D eigenvalue weighted by Gasteiger charge is -2.06. The number of aromatic nitrogens is 1. The van der Waals surface area contributed by atoms with E-state index >= 15 is 0 Å². The van der Waals surface area contributed by atoms with E-state index in [2.05, 4.69) is 29.0 Å². The van der Waals surface area contributed by atoms with Gasteiger partial charge in [0.25, 0.3) is 0 Å². The van der Waals surface area contributed by atoms with Gasteiger partial charge in [-0.25, -0.2) is 0 Å². The highest BCUT2D eigenvalue weighted by atomic mass is 35.5. The number of hydrogen-bond donors (Lipinski definition) is 1. The molecule has 0 unspecified atom stereocenters. The summed E-state index contributed by atoms with van der Waals surface area (Å²) in [7, 11) is 0. The summed E-state index contributed by atoms with van der Waals surface area (Å²) in [4.78, 5) is 4.27. The van der Waals surface area contributed by atoms with Crippen molar-refractivity contribution in [2.45, 2.75) is 13.1 Å². The summed E-state index contributed by atoms with van der Waals surface area (Å²) in [6.07, 6.45) is 3.55. The summed E-state index contributed by atoms with van der Waals surface area (Å²) in [6.45, 7) is 5.75. The average molecular weight is 291 g/mol. The Morgan fingerprint density at radius 1 is 1.10 bits per heavy atom. The third kappa shape index (κ3) is 5.43. The Morgan fingerprint density at radius 3 is 2.55 bits per heavy atom. The quantitative estimate of drug-likeness (QED) is 0.794. The molecule has 1 aromatic carbocycles. The first-order valence-corrected chi connectivity index (χ1v) is 6.32. The maximum Gasteiger partial charge on any atom is 0.119 e. The minimum atomic E-state index is 0. The molecular weight excluding hydrogens is 272 g/mol. The van der Waals surface area contributed by atoms with E-state index in [1.54, 1.807) is 6.08 Å². The summed E-state index contributed by atoms with van der Waals surface area (Å²) < 4.78 is 5.44. The highest BCUT2D eigenvalue weighted by molar-refractivity contribution is 5.85. The molecule has 106 valence electrons. The molecule has 0 radical (unpaired) electrons. The second kappa shape index (κ2) is 9.13. The Labute approximate surface area is 126 Å². The van der Waals surface area contributed by atoms with Crippen LogP contribution in [0.5, 0.6) is 5.75 Å². The lowest BCUT2D eigenvalue weighted by Crippen LogP contribution is -2.13. The lowest BCUT2D eigenvalue weighted by molar-refractivity contribution is 0.363. The van der Waals surface area contributed by atoms with Crippen molar-refractivity contribution in [1.82, 2.24) is 10.3 Å². The standard InChI is InChI=1S/C16H18N2O.ClH/c1-2-11-19-16-8-6-14(7-9-16)12-17-13-15-5-3-4-10-18-15;/h2-10,17H,1,11-13H2;1H. The van der Waals surface area contributed by atoms with Crippen LogP contribution >= 0.6 is 12.4 Å². The maximum atomic E-state index is 5.44. The molecule has 1 heterocycles. The van der Waals surface area contributed by atoms with Crippen molar-refractivity contribution in [2.75, 3.05) is 6.61 Å². The van der Waals surface area contributed by atoms with Crippen LogP contribution in [0.1, 0.15) is 11.3 Å². The molecule has 0 saturated carbocycles. The molecule has 0 aliphatic carbocycles. The first kappa shape index (κ1) is 16.2. The highest BCUT2D eigenvalue weighted by Gasteiger charge is 1.96. The molecule has 0 aliphatic heterocycles. The van der Waals surface area contributed by atoms with Crippen LogP contribution in [0.25, 0.3) is 0 Å². The van der Waals surface area contributed by atoms with Crippen LogP contribution in [0.15, 0.2) is 61.3 Å². The minimum absolute atomic E-state index is 0. The predicted molar refractivity (Wildman–Crippen MR) is 84.2 cm³/mol. The smallest absolute Gasteiger partial charge is 0.119 e. The van der Waals surface area contributed by atoms with Gasteiger partial charge in [-0.15, -0.1) is 12.4 Å². The Hall–Kier alpha value is -1.84. The summed E-state index contributed by atoms with van der Waals surface area (Å²) in [5.74, 6) is 0.869. The Kier molecular flexibility index (Phi) is 7.40. The fraction of sp³-hybridized carbons (Fsp3) is 0.188. The number of ether oxygens (including phenoxy) is 1. The fourth-order valence-electron chi connectivity index (χ4n) is 1.70. The van der Waals surface area contributed by atoms with E-state index in [0.717, 1.165) is 24.5 Å². The van der Waals surface area contributed by atoms with Crippen molar-refractivity contribution >= 4 is 12.4 Å². The summed E-state index contributed by atoms with van der Waals surface area (Å²) in [5, 5.41) is 3.36. The van der Waals surface area contributed by atoms with Gasteiger partial charge in [0.2, 0.25) is 0 Å². The van der Waals surface area contributed by atoms with Gasteiger partial charge in [-0.2, -0.15) is 0 Å². The first-order chi connectivity index (χ1) is 9.38. The zero-order valence-corrected chi connectivity index (χ0v) is 12.1. The van der Waals surface area contributed by atoms with Crippen molar-refractivity contribution in [3.63, 3.8) is 0 Å². The number of pyridine rings is 1. The molecule has 2 aromatic rings. The monoisotopic (exact) mass is 290 g/mol. The van der Waals surface area contributed by atoms with E-state index in [4.69, 9.17) is 4.74 Å². The van der Waals surface area contributed by atoms with Crippen molar-refractivity contribution in [3.8, 4) is 5.75 Å². The molecule has 3 nitrogen and oxygen atoms in total. The van der Waals surface area contributed by atoms with Crippen molar-refractivity contribution < 1.29 is 4.74 Å². The average Bonchev–Trinajstić information content (AvgIpc) is 2.47. The van der Waals surface area contributed by atoms with Gasteiger partial charge in [-0.3, -0.25) is 4.98 Å². The van der Waals surface area contributed by atoms with Crippen LogP contribution in [-0.2, 0) is 13.1 Å². The van der Waals surface area contributed by atoms with E-state index in [1.165, 1.54) is 5.56 Å². The minimum Gasteiger partial charge on any atom is -0.490 e. The molecule has 1 N–H and O–H groups in total. The second-order valence-corrected chi connectivity index (χ2v) is 4.17. The van der Waals surface area contributed by atoms with Crippen molar-refractivity contribution in [1.29, 1.82) is 0 Å². The van der Waals surface area contributed by atoms with Gasteiger partial charge in [-0.1, -0.05) is 30.9 Å². The number of halogens is 1. The highest BCUT2D eigenvalue weighted by Crippen LogP contribution is 2.12. The Balaban J connectivity index is 0.00000200. The van der Waals surface area contributed by atoms with Crippen LogP contribution in [0.2, 0.25) is 0 Å². The molecule has 20 heavy (non-hydrogen) atoms. The number of nitrogens with zero attached hydrogens (tertiary/aromatic N) is 1. The van der Waals surface area contributed by atoms with Crippen LogP contribution in [0.3, 0.4) is 0 Å². The van der Waals surface area contributed by atoms with Crippen LogP contribution in [-0.4, -0.2) is 11.6 Å². The van der Waals surface area contributed by atoms with Gasteiger partial charge in [0.1, 0.15) is 12.4 Å². The van der Waals surface area contributed by atoms with Gasteiger partial charge in [-0.05, 0) is 29.8 Å². The lowest BCUT2D eigenvalue weighted by atomic mass is 10.2. The molecule has 0 bridgehead atoms. The van der Waals surface area contributed by atoms with E-state index in [9.17, 15) is 0 Å². The van der Waals surface area contributed by atoms with E-state index in [1.807, 2.05) is 36.5 Å². The third-order valence-electron chi connectivity index (χ3n) is 2.65. The molecule has 0 fully saturated rings. The van der Waals surface area contributed by atoms with Crippen LogP contribution < -0.4 is 10.1 Å². The Bertz CT molecular complexity index is 500. The number of rotatable bonds is 7. The molecule has 0 spiro atoms. The Morgan fingerprint density at radius 2 is 1.90 bits per heavy atom. The van der Waals surface area contributed by atoms with Crippen LogP contribution in [0, 0.1) is 0 Å². The van der Waals surface area contributed by atoms with Gasteiger partial charge < -0.3 is 10.1 Å². The van der Waals surface area contributed by atoms with Gasteiger partial charge in [0.15, 0.2) is 0 Å². The molecule has 0 aliphatic rings. The van der Waals surface area contributed by atoms with Crippen LogP contribution in [0.4, 0.5) is 0 Å². The van der Waals surface area contributed by atoms with Crippen molar-refractivity contribution in [2.24, 2.45) is 0 Å². The topological polar surface area (TPSA) is 34.1 Å². The van der Waals surface area contributed by atoms with Gasteiger partial charge in [0.05, 0.1) is 5.69 Å². The second-order valence-electron chi connectivity index (χ2n) is 4.17. The molecule has 0 amide bonds. The molecule has 0 saturated heterocycles. The molecule has 2 rings (SSSR count). The molecule has 4 heteroatoms. The summed E-state index contributed by atoms with van der Waals surface area (Å²) in [5.41, 5.74) is 2.27. The molecule has 0 atom stereocenters. The SMILES string of the molecule is C=CCOc1ccc(CNCc2ccccn2)cc1.Cl. The first-order valence-electron chi connectivity index (χ1n) is 6.32. The van der Waals surface area contributed by atoms with Gasteiger partial charge in [0, 0.05) is 19.3 Å². The largest absolute Gasteiger partial charge is 0.490 e. The van der Waals surface area contributed by atoms with E-state index in [-0.39, 0.29) is 12.4 Å². The number of nitrogens with one attached hydrogen (secondary N) is 1. The molecular formula is C16H19ClN2O. The van der Waals surface area contributed by atoms with E-state index in [0.29, 0.717) is 6.61 Å². The predicted octanol–water partition coefficient (Wildman–Crippen LogP) is 3.36. The zero-order chi connectivity index (χ0) is 13.3. The zero-order valence-electron chi connectivity index (χ0n) is 11.3. The van der Waals surface area contributed by atoms with Crippen molar-refractivity contribution in [3.05, 3.63) is 72.6 Å². The van der Waals surface area contributed by atoms with Gasteiger partial charge >= 0.3 is 0 Å². The maximum absolute atomic E-state index is 5.44. The summed E-state index contributed by atoms with van der Waals surface area (Å²) >= 11 is 0. The summed E-state index contributed by atoms with van der Waals surface area (Å²) in [6, 6.07) is 14.0. The third-order valence-corrected chi connectivity index (χ3v) is 2.65. The molecule has 1 aromatic heterocycles. The number of benzene rings is 1. The van der Waals surface area contributed by atoms with E-state index < -0.39 is 0 Å². The normalized spacial score (nSPS) is 9.60. The fourth-order valence-corrected chi connectivity index (χ4v) is 1.70. The number of hydrogen-bond acceptors (Lipinski definition) is 3.